The number of hydrogen-bond donors (Lipinski definition) is 1. The smallest absolute Gasteiger partial charge is 0.150 e. The van der Waals surface area contributed by atoms with E-state index >= 15 is 0 Å². The minimum atomic E-state index is -1.29. The Bertz CT molecular complexity index is 351. The Morgan fingerprint density at radius 1 is 1.56 bits per heavy atom. The fraction of sp³-hybridized carbons (Fsp3) is 0.583. The molecule has 1 aromatic rings. The van der Waals surface area contributed by atoms with E-state index in [1.165, 1.54) is 0 Å². The third-order valence-electron chi connectivity index (χ3n) is 2.87. The number of rotatable bonds is 3. The molecule has 1 unspecified atom stereocenters. The Balaban J connectivity index is 2.21. The average Bonchev–Trinajstić information content (AvgIpc) is 2.31. The van der Waals surface area contributed by atoms with Gasteiger partial charge in [-0.1, -0.05) is 0 Å². The van der Waals surface area contributed by atoms with Gasteiger partial charge in [0.05, 0.1) is 12.8 Å². The third-order valence-corrected chi connectivity index (χ3v) is 2.87. The van der Waals surface area contributed by atoms with Gasteiger partial charge < -0.3 is 10.1 Å². The lowest BCUT2D eigenvalue weighted by Crippen LogP contribution is -2.40. The summed E-state index contributed by atoms with van der Waals surface area (Å²) in [6, 6.07) is 1.75. The maximum atomic E-state index is 14.6. The number of piperidine rings is 1. The molecule has 0 amide bonds. The summed E-state index contributed by atoms with van der Waals surface area (Å²) in [6.45, 7) is 3.73. The summed E-state index contributed by atoms with van der Waals surface area (Å²) in [6.07, 6.45) is 4.62. The zero-order valence-electron chi connectivity index (χ0n) is 9.50. The highest BCUT2D eigenvalue weighted by atomic mass is 19.1. The number of alkyl halides is 1. The minimum absolute atomic E-state index is 0.365. The molecule has 0 aliphatic carbocycles. The first-order valence-electron chi connectivity index (χ1n) is 5.72. The van der Waals surface area contributed by atoms with E-state index in [9.17, 15) is 4.39 Å². The summed E-state index contributed by atoms with van der Waals surface area (Å²) in [5.41, 5.74) is -0.677. The number of nitrogens with one attached hydrogen (secondary N) is 1. The van der Waals surface area contributed by atoms with Crippen molar-refractivity contribution in [1.29, 1.82) is 0 Å². The van der Waals surface area contributed by atoms with Gasteiger partial charge in [0.1, 0.15) is 11.4 Å². The van der Waals surface area contributed by atoms with Crippen LogP contribution in [0.15, 0.2) is 18.5 Å². The van der Waals surface area contributed by atoms with E-state index in [1.807, 2.05) is 6.92 Å². The van der Waals surface area contributed by atoms with Gasteiger partial charge >= 0.3 is 0 Å². The first-order chi connectivity index (χ1) is 7.74. The quantitative estimate of drug-likeness (QED) is 0.853. The van der Waals surface area contributed by atoms with Crippen molar-refractivity contribution in [3.05, 3.63) is 24.0 Å². The van der Waals surface area contributed by atoms with E-state index in [4.69, 9.17) is 4.74 Å². The Hall–Kier alpha value is -1.16. The van der Waals surface area contributed by atoms with Crippen LogP contribution in [0.5, 0.6) is 5.75 Å². The average molecular weight is 224 g/mol. The molecule has 1 atom stereocenters. The van der Waals surface area contributed by atoms with Gasteiger partial charge in [-0.3, -0.25) is 4.98 Å². The lowest BCUT2D eigenvalue weighted by molar-refractivity contribution is 0.121. The van der Waals surface area contributed by atoms with Crippen molar-refractivity contribution in [3.8, 4) is 5.75 Å². The predicted molar refractivity (Wildman–Crippen MR) is 60.3 cm³/mol. The summed E-state index contributed by atoms with van der Waals surface area (Å²) in [7, 11) is 0. The van der Waals surface area contributed by atoms with Crippen LogP contribution in [0.3, 0.4) is 0 Å². The Morgan fingerprint density at radius 2 is 2.44 bits per heavy atom. The fourth-order valence-corrected chi connectivity index (χ4v) is 2.02. The highest BCUT2D eigenvalue weighted by Gasteiger charge is 2.34. The summed E-state index contributed by atoms with van der Waals surface area (Å²) < 4.78 is 19.9. The minimum Gasteiger partial charge on any atom is -0.492 e. The van der Waals surface area contributed by atoms with Crippen molar-refractivity contribution >= 4 is 0 Å². The number of hydrogen-bond acceptors (Lipinski definition) is 3. The highest BCUT2D eigenvalue weighted by molar-refractivity contribution is 5.29. The second-order valence-electron chi connectivity index (χ2n) is 4.09. The van der Waals surface area contributed by atoms with Gasteiger partial charge in [-0.2, -0.15) is 0 Å². The molecule has 1 aliphatic rings. The molecule has 88 valence electrons. The van der Waals surface area contributed by atoms with Crippen molar-refractivity contribution in [1.82, 2.24) is 10.3 Å². The maximum Gasteiger partial charge on any atom is 0.150 e. The molecule has 0 saturated carbocycles. The molecule has 0 aromatic carbocycles. The predicted octanol–water partition coefficient (Wildman–Crippen LogP) is 2.03. The van der Waals surface area contributed by atoms with Gasteiger partial charge in [0, 0.05) is 18.3 Å². The van der Waals surface area contributed by atoms with Gasteiger partial charge in [0.25, 0.3) is 0 Å². The van der Waals surface area contributed by atoms with E-state index in [1.54, 1.807) is 18.5 Å². The molecule has 16 heavy (non-hydrogen) atoms. The lowest BCUT2D eigenvalue weighted by Gasteiger charge is -2.30. The first kappa shape index (κ1) is 11.3. The number of halogens is 1. The van der Waals surface area contributed by atoms with Crippen LogP contribution >= 0.6 is 0 Å². The SMILES string of the molecule is CCOc1cncc(C2(F)CCCNC2)c1. The van der Waals surface area contributed by atoms with E-state index in [2.05, 4.69) is 10.3 Å². The maximum absolute atomic E-state index is 14.6. The summed E-state index contributed by atoms with van der Waals surface area (Å²) >= 11 is 0. The van der Waals surface area contributed by atoms with Crippen molar-refractivity contribution in [2.24, 2.45) is 0 Å². The standard InChI is InChI=1S/C12H17FN2O/c1-2-16-11-6-10(7-15-8-11)12(13)4-3-5-14-9-12/h6-8,14H,2-5,9H2,1H3. The van der Waals surface area contributed by atoms with Gasteiger partial charge in [0.15, 0.2) is 0 Å². The molecule has 0 spiro atoms. The number of aromatic nitrogens is 1. The van der Waals surface area contributed by atoms with E-state index in [0.717, 1.165) is 13.0 Å². The number of nitrogens with zero attached hydrogens (tertiary/aromatic N) is 1. The molecule has 1 aromatic heterocycles. The molecule has 0 radical (unpaired) electrons. The normalized spacial score (nSPS) is 25.4. The third kappa shape index (κ3) is 2.32. The molecule has 2 heterocycles. The summed E-state index contributed by atoms with van der Waals surface area (Å²) in [4.78, 5) is 4.03. The summed E-state index contributed by atoms with van der Waals surface area (Å²) in [5.74, 6) is 0.641. The van der Waals surface area contributed by atoms with Crippen LogP contribution in [0.4, 0.5) is 4.39 Å². The van der Waals surface area contributed by atoms with E-state index in [0.29, 0.717) is 30.9 Å². The van der Waals surface area contributed by atoms with Gasteiger partial charge in [-0.05, 0) is 32.4 Å². The molecule has 2 rings (SSSR count). The molecule has 4 heteroatoms. The molecule has 1 N–H and O–H groups in total. The van der Waals surface area contributed by atoms with Crippen molar-refractivity contribution in [2.45, 2.75) is 25.4 Å². The fourth-order valence-electron chi connectivity index (χ4n) is 2.02. The Labute approximate surface area is 95.0 Å². The molecule has 1 aliphatic heterocycles. The van der Waals surface area contributed by atoms with Gasteiger partial charge in [0.2, 0.25) is 0 Å². The van der Waals surface area contributed by atoms with Crippen LogP contribution < -0.4 is 10.1 Å². The largest absolute Gasteiger partial charge is 0.492 e. The first-order valence-corrected chi connectivity index (χ1v) is 5.72. The molecule has 3 nitrogen and oxygen atoms in total. The topological polar surface area (TPSA) is 34.1 Å². The second kappa shape index (κ2) is 4.78. The number of pyridine rings is 1. The zero-order valence-corrected chi connectivity index (χ0v) is 9.50. The van der Waals surface area contributed by atoms with Gasteiger partial charge in [-0.15, -0.1) is 0 Å². The highest BCUT2D eigenvalue weighted by Crippen LogP contribution is 2.33. The lowest BCUT2D eigenvalue weighted by atomic mass is 9.89. The van der Waals surface area contributed by atoms with Crippen LogP contribution in [0.2, 0.25) is 0 Å². The molecule has 0 bridgehead atoms. The molecule has 1 fully saturated rings. The van der Waals surface area contributed by atoms with Crippen LogP contribution in [0.1, 0.15) is 25.3 Å². The molecule has 1 saturated heterocycles. The van der Waals surface area contributed by atoms with Gasteiger partial charge in [-0.25, -0.2) is 4.39 Å². The zero-order chi connectivity index (χ0) is 11.4. The van der Waals surface area contributed by atoms with E-state index < -0.39 is 5.67 Å². The van der Waals surface area contributed by atoms with Crippen LogP contribution in [-0.4, -0.2) is 24.7 Å². The molecular formula is C12H17FN2O. The second-order valence-corrected chi connectivity index (χ2v) is 4.09. The monoisotopic (exact) mass is 224 g/mol. The summed E-state index contributed by atoms with van der Waals surface area (Å²) in [5, 5.41) is 3.08. The van der Waals surface area contributed by atoms with Crippen LogP contribution in [-0.2, 0) is 5.67 Å². The van der Waals surface area contributed by atoms with Crippen molar-refractivity contribution < 1.29 is 9.13 Å². The van der Waals surface area contributed by atoms with Crippen molar-refractivity contribution in [3.63, 3.8) is 0 Å². The Kier molecular flexibility index (Phi) is 3.39. The van der Waals surface area contributed by atoms with Crippen LogP contribution in [0.25, 0.3) is 0 Å². The van der Waals surface area contributed by atoms with E-state index in [-0.39, 0.29) is 0 Å². The number of ether oxygens (including phenoxy) is 1. The van der Waals surface area contributed by atoms with Crippen molar-refractivity contribution in [2.75, 3.05) is 19.7 Å². The van der Waals surface area contributed by atoms with Crippen LogP contribution in [0, 0.1) is 0 Å². The Morgan fingerprint density at radius 3 is 3.12 bits per heavy atom. The molecular weight excluding hydrogens is 207 g/mol.